The number of hydrogen-bond donors (Lipinski definition) is 1. The highest BCUT2D eigenvalue weighted by Gasteiger charge is 2.47. The lowest BCUT2D eigenvalue weighted by Crippen LogP contribution is -2.32. The van der Waals surface area contributed by atoms with E-state index in [-0.39, 0.29) is 0 Å². The van der Waals surface area contributed by atoms with Gasteiger partial charge in [0, 0.05) is 19.1 Å². The molecule has 3 atom stereocenters. The maximum atomic E-state index is 3.71. The van der Waals surface area contributed by atoms with Gasteiger partial charge in [0.25, 0.3) is 0 Å². The van der Waals surface area contributed by atoms with Crippen molar-refractivity contribution >= 4 is 0 Å². The summed E-state index contributed by atoms with van der Waals surface area (Å²) in [6.07, 6.45) is 2.98. The lowest BCUT2D eigenvalue weighted by Gasteiger charge is -2.17. The topological polar surface area (TPSA) is 15.3 Å². The maximum absolute atomic E-state index is 3.71. The molecule has 0 aromatic carbocycles. The van der Waals surface area contributed by atoms with Crippen molar-refractivity contribution in [3.05, 3.63) is 0 Å². The van der Waals surface area contributed by atoms with Gasteiger partial charge in [0.2, 0.25) is 0 Å². The molecule has 68 valence electrons. The Morgan fingerprint density at radius 2 is 2.00 bits per heavy atom. The highest BCUT2D eigenvalue weighted by molar-refractivity contribution is 5.02. The summed E-state index contributed by atoms with van der Waals surface area (Å²) in [7, 11) is 2.27. The van der Waals surface area contributed by atoms with Crippen molar-refractivity contribution < 1.29 is 0 Å². The largest absolute Gasteiger partial charge is 0.313 e. The molecule has 1 N–H and O–H groups in total. The Morgan fingerprint density at radius 3 is 2.75 bits per heavy atom. The van der Waals surface area contributed by atoms with Gasteiger partial charge >= 0.3 is 0 Å². The molecular weight excluding hydrogens is 148 g/mol. The summed E-state index contributed by atoms with van der Waals surface area (Å²) < 4.78 is 0. The number of likely N-dealkylation sites (tertiary alicyclic amines) is 1. The highest BCUT2D eigenvalue weighted by atomic mass is 15.2. The van der Waals surface area contributed by atoms with Crippen LogP contribution in [0.2, 0.25) is 0 Å². The number of hydrogen-bond acceptors (Lipinski definition) is 2. The van der Waals surface area contributed by atoms with Crippen molar-refractivity contribution in [1.29, 1.82) is 0 Å². The average molecular weight is 166 g/mol. The lowest BCUT2D eigenvalue weighted by atomic mass is 9.92. The standard InChI is InChI=1S/C10H18N2/c1-12-5-8-4-11-10(7-2-3-7)9(8)6-12/h7-11H,2-6H2,1H3. The van der Waals surface area contributed by atoms with Crippen LogP contribution in [0.25, 0.3) is 0 Å². The quantitative estimate of drug-likeness (QED) is 0.612. The van der Waals surface area contributed by atoms with Crippen LogP contribution in [0, 0.1) is 17.8 Å². The van der Waals surface area contributed by atoms with Crippen LogP contribution in [0.1, 0.15) is 12.8 Å². The van der Waals surface area contributed by atoms with Crippen LogP contribution < -0.4 is 5.32 Å². The molecule has 1 saturated carbocycles. The Labute approximate surface area is 74.3 Å². The minimum atomic E-state index is 0.889. The first kappa shape index (κ1) is 7.34. The van der Waals surface area contributed by atoms with Gasteiger partial charge in [-0.2, -0.15) is 0 Å². The molecule has 0 spiro atoms. The van der Waals surface area contributed by atoms with E-state index in [4.69, 9.17) is 0 Å². The summed E-state index contributed by atoms with van der Waals surface area (Å²) in [5.74, 6) is 3.01. The molecule has 0 bridgehead atoms. The normalized spacial score (nSPS) is 48.2. The van der Waals surface area contributed by atoms with Crippen LogP contribution >= 0.6 is 0 Å². The van der Waals surface area contributed by atoms with E-state index in [1.54, 1.807) is 0 Å². The zero-order valence-corrected chi connectivity index (χ0v) is 7.79. The first-order chi connectivity index (χ1) is 5.84. The first-order valence-corrected chi connectivity index (χ1v) is 5.26. The number of nitrogens with one attached hydrogen (secondary N) is 1. The molecule has 3 unspecified atom stereocenters. The predicted octanol–water partition coefficient (Wildman–Crippen LogP) is 0.546. The molecular formula is C10H18N2. The van der Waals surface area contributed by atoms with E-state index in [0.717, 1.165) is 23.8 Å². The van der Waals surface area contributed by atoms with Crippen LogP contribution in [-0.4, -0.2) is 37.6 Å². The second-order valence-corrected chi connectivity index (χ2v) is 4.92. The summed E-state index contributed by atoms with van der Waals surface area (Å²) >= 11 is 0. The predicted molar refractivity (Wildman–Crippen MR) is 49.0 cm³/mol. The van der Waals surface area contributed by atoms with Gasteiger partial charge in [-0.05, 0) is 44.2 Å². The molecule has 2 heteroatoms. The number of fused-ring (bicyclic) bond motifs is 1. The van der Waals surface area contributed by atoms with E-state index >= 15 is 0 Å². The number of rotatable bonds is 1. The van der Waals surface area contributed by atoms with Crippen molar-refractivity contribution in [2.24, 2.45) is 17.8 Å². The van der Waals surface area contributed by atoms with Gasteiger partial charge in [0.05, 0.1) is 0 Å². The molecule has 1 aliphatic carbocycles. The molecule has 2 aliphatic heterocycles. The molecule has 0 aromatic rings. The Balaban J connectivity index is 1.73. The third-order valence-corrected chi connectivity index (χ3v) is 3.88. The Hall–Kier alpha value is -0.0800. The van der Waals surface area contributed by atoms with E-state index < -0.39 is 0 Å². The Bertz CT molecular complexity index is 188. The van der Waals surface area contributed by atoms with E-state index in [0.29, 0.717) is 0 Å². The van der Waals surface area contributed by atoms with Crippen LogP contribution in [-0.2, 0) is 0 Å². The molecule has 12 heavy (non-hydrogen) atoms. The van der Waals surface area contributed by atoms with Crippen LogP contribution in [0.4, 0.5) is 0 Å². The smallest absolute Gasteiger partial charge is 0.0139 e. The first-order valence-electron chi connectivity index (χ1n) is 5.26. The molecule has 2 heterocycles. The maximum Gasteiger partial charge on any atom is 0.0139 e. The number of nitrogens with zero attached hydrogens (tertiary/aromatic N) is 1. The Kier molecular flexibility index (Phi) is 1.50. The van der Waals surface area contributed by atoms with Crippen LogP contribution in [0.15, 0.2) is 0 Å². The SMILES string of the molecule is CN1CC2CNC(C3CC3)C2C1. The van der Waals surface area contributed by atoms with Crippen LogP contribution in [0.3, 0.4) is 0 Å². The molecule has 3 aliphatic rings. The van der Waals surface area contributed by atoms with E-state index in [1.165, 1.54) is 32.5 Å². The second-order valence-electron chi connectivity index (χ2n) is 4.92. The van der Waals surface area contributed by atoms with E-state index in [1.807, 2.05) is 0 Å². The fourth-order valence-corrected chi connectivity index (χ4v) is 3.15. The zero-order valence-electron chi connectivity index (χ0n) is 7.79. The lowest BCUT2D eigenvalue weighted by molar-refractivity contribution is 0.342. The molecule has 2 saturated heterocycles. The van der Waals surface area contributed by atoms with Gasteiger partial charge < -0.3 is 10.2 Å². The summed E-state index contributed by atoms with van der Waals surface area (Å²) in [5, 5.41) is 3.71. The van der Waals surface area contributed by atoms with Gasteiger partial charge in [0.15, 0.2) is 0 Å². The van der Waals surface area contributed by atoms with Crippen molar-refractivity contribution in [3.8, 4) is 0 Å². The fraction of sp³-hybridized carbons (Fsp3) is 1.00. The highest BCUT2D eigenvalue weighted by Crippen LogP contribution is 2.42. The summed E-state index contributed by atoms with van der Waals surface area (Å²) in [4.78, 5) is 2.51. The monoisotopic (exact) mass is 166 g/mol. The molecule has 0 radical (unpaired) electrons. The van der Waals surface area contributed by atoms with Crippen LogP contribution in [0.5, 0.6) is 0 Å². The minimum absolute atomic E-state index is 0.889. The summed E-state index contributed by atoms with van der Waals surface area (Å²) in [5.41, 5.74) is 0. The van der Waals surface area contributed by atoms with Crippen molar-refractivity contribution in [3.63, 3.8) is 0 Å². The molecule has 0 aromatic heterocycles. The second kappa shape index (κ2) is 2.46. The molecule has 2 nitrogen and oxygen atoms in total. The molecule has 0 amide bonds. The van der Waals surface area contributed by atoms with Gasteiger partial charge in [-0.1, -0.05) is 0 Å². The fourth-order valence-electron chi connectivity index (χ4n) is 3.15. The molecule has 3 fully saturated rings. The average Bonchev–Trinajstić information content (AvgIpc) is 2.69. The molecule has 3 rings (SSSR count). The third kappa shape index (κ3) is 1.01. The Morgan fingerprint density at radius 1 is 1.17 bits per heavy atom. The van der Waals surface area contributed by atoms with Gasteiger partial charge in [-0.3, -0.25) is 0 Å². The van der Waals surface area contributed by atoms with Crippen molar-refractivity contribution in [2.45, 2.75) is 18.9 Å². The van der Waals surface area contributed by atoms with Crippen molar-refractivity contribution in [2.75, 3.05) is 26.7 Å². The van der Waals surface area contributed by atoms with E-state index in [2.05, 4.69) is 17.3 Å². The third-order valence-electron chi connectivity index (χ3n) is 3.88. The van der Waals surface area contributed by atoms with Crippen molar-refractivity contribution in [1.82, 2.24) is 10.2 Å². The van der Waals surface area contributed by atoms with Gasteiger partial charge in [0.1, 0.15) is 0 Å². The van der Waals surface area contributed by atoms with E-state index in [9.17, 15) is 0 Å². The minimum Gasteiger partial charge on any atom is -0.313 e. The zero-order chi connectivity index (χ0) is 8.13. The van der Waals surface area contributed by atoms with Gasteiger partial charge in [-0.15, -0.1) is 0 Å². The summed E-state index contributed by atoms with van der Waals surface area (Å²) in [6.45, 7) is 3.97. The van der Waals surface area contributed by atoms with Gasteiger partial charge in [-0.25, -0.2) is 0 Å². The summed E-state index contributed by atoms with van der Waals surface area (Å²) in [6, 6.07) is 0.889.